The molecule has 0 amide bonds. The molecule has 32 heavy (non-hydrogen) atoms. The van der Waals surface area contributed by atoms with Crippen molar-refractivity contribution in [2.24, 2.45) is 0 Å². The number of nitrogens with zero attached hydrogens (tertiary/aromatic N) is 2. The van der Waals surface area contributed by atoms with E-state index in [-0.39, 0.29) is 17.2 Å². The number of sulfonamides is 1. The SMILES string of the molecule is COc1ccc(Cl)cc1S(=O)(=O)NCCn1c(CCc2ccccc2)nc2ccccc21. The van der Waals surface area contributed by atoms with Gasteiger partial charge in [0.25, 0.3) is 0 Å². The fraction of sp³-hybridized carbons (Fsp3) is 0.208. The van der Waals surface area contributed by atoms with E-state index in [2.05, 4.69) is 21.4 Å². The minimum atomic E-state index is -3.79. The summed E-state index contributed by atoms with van der Waals surface area (Å²) in [6.45, 7) is 0.656. The maximum absolute atomic E-state index is 12.9. The molecule has 0 aliphatic rings. The first kappa shape index (κ1) is 22.3. The van der Waals surface area contributed by atoms with Gasteiger partial charge in [0, 0.05) is 24.5 Å². The summed E-state index contributed by atoms with van der Waals surface area (Å²) >= 11 is 6.01. The molecule has 166 valence electrons. The van der Waals surface area contributed by atoms with Crippen LogP contribution in [0.1, 0.15) is 11.4 Å². The molecule has 0 aliphatic heterocycles. The summed E-state index contributed by atoms with van der Waals surface area (Å²) in [6.07, 6.45) is 1.61. The van der Waals surface area contributed by atoms with E-state index in [0.717, 1.165) is 29.7 Å². The molecule has 0 saturated heterocycles. The molecule has 3 aromatic carbocycles. The molecule has 1 heterocycles. The molecule has 0 fully saturated rings. The second kappa shape index (κ2) is 9.73. The van der Waals surface area contributed by atoms with Crippen molar-refractivity contribution in [2.45, 2.75) is 24.3 Å². The van der Waals surface area contributed by atoms with Crippen LogP contribution in [0.15, 0.2) is 77.7 Å². The molecule has 4 rings (SSSR count). The zero-order chi connectivity index (χ0) is 22.6. The van der Waals surface area contributed by atoms with Crippen LogP contribution in [0.2, 0.25) is 5.02 Å². The van der Waals surface area contributed by atoms with Crippen molar-refractivity contribution in [1.82, 2.24) is 14.3 Å². The van der Waals surface area contributed by atoms with E-state index in [1.807, 2.05) is 42.5 Å². The van der Waals surface area contributed by atoms with Crippen molar-refractivity contribution in [3.8, 4) is 5.75 Å². The molecule has 0 bridgehead atoms. The van der Waals surface area contributed by atoms with Gasteiger partial charge in [0.15, 0.2) is 0 Å². The molecule has 0 radical (unpaired) electrons. The van der Waals surface area contributed by atoms with Gasteiger partial charge in [-0.15, -0.1) is 0 Å². The molecule has 4 aromatic rings. The molecule has 1 aromatic heterocycles. The van der Waals surface area contributed by atoms with Gasteiger partial charge < -0.3 is 9.30 Å². The van der Waals surface area contributed by atoms with Gasteiger partial charge in [-0.2, -0.15) is 0 Å². The Kier molecular flexibility index (Phi) is 6.79. The van der Waals surface area contributed by atoms with E-state index < -0.39 is 10.0 Å². The summed E-state index contributed by atoms with van der Waals surface area (Å²) in [7, 11) is -2.36. The molecule has 8 heteroatoms. The van der Waals surface area contributed by atoms with Crippen molar-refractivity contribution in [2.75, 3.05) is 13.7 Å². The Morgan fingerprint density at radius 2 is 1.75 bits per heavy atom. The lowest BCUT2D eigenvalue weighted by molar-refractivity contribution is 0.402. The number of hydrogen-bond acceptors (Lipinski definition) is 4. The first-order chi connectivity index (χ1) is 15.5. The Morgan fingerprint density at radius 3 is 2.53 bits per heavy atom. The first-order valence-corrected chi connectivity index (χ1v) is 12.2. The lowest BCUT2D eigenvalue weighted by Crippen LogP contribution is -2.28. The van der Waals surface area contributed by atoms with Gasteiger partial charge in [-0.05, 0) is 42.3 Å². The third kappa shape index (κ3) is 4.96. The predicted molar refractivity (Wildman–Crippen MR) is 127 cm³/mol. The minimum absolute atomic E-state index is 0.0206. The molecule has 0 spiro atoms. The summed E-state index contributed by atoms with van der Waals surface area (Å²) in [5.74, 6) is 1.17. The highest BCUT2D eigenvalue weighted by Crippen LogP contribution is 2.27. The van der Waals surface area contributed by atoms with Crippen molar-refractivity contribution >= 4 is 32.7 Å². The topological polar surface area (TPSA) is 73.2 Å². The van der Waals surface area contributed by atoms with Crippen LogP contribution in [0.25, 0.3) is 11.0 Å². The van der Waals surface area contributed by atoms with Crippen molar-refractivity contribution < 1.29 is 13.2 Å². The number of ether oxygens (including phenoxy) is 1. The molecule has 6 nitrogen and oxygen atoms in total. The zero-order valence-electron chi connectivity index (χ0n) is 17.7. The second-order valence-electron chi connectivity index (χ2n) is 7.35. The number of fused-ring (bicyclic) bond motifs is 1. The van der Waals surface area contributed by atoms with E-state index >= 15 is 0 Å². The van der Waals surface area contributed by atoms with Gasteiger partial charge >= 0.3 is 0 Å². The van der Waals surface area contributed by atoms with Crippen molar-refractivity contribution in [3.05, 3.63) is 89.2 Å². The number of benzene rings is 3. The van der Waals surface area contributed by atoms with Crippen LogP contribution < -0.4 is 9.46 Å². The maximum atomic E-state index is 12.9. The maximum Gasteiger partial charge on any atom is 0.244 e. The van der Waals surface area contributed by atoms with Crippen LogP contribution in [0.5, 0.6) is 5.75 Å². The van der Waals surface area contributed by atoms with Crippen LogP contribution in [-0.2, 0) is 29.4 Å². The van der Waals surface area contributed by atoms with Crippen LogP contribution in [0, 0.1) is 0 Å². The van der Waals surface area contributed by atoms with Crippen LogP contribution in [-0.4, -0.2) is 31.6 Å². The Labute approximate surface area is 192 Å². The van der Waals surface area contributed by atoms with Gasteiger partial charge in [-0.1, -0.05) is 54.1 Å². The summed E-state index contributed by atoms with van der Waals surface area (Å²) in [5, 5.41) is 0.329. The number of para-hydroxylation sites is 2. The summed E-state index contributed by atoms with van der Waals surface area (Å²) in [6, 6.07) is 22.7. The minimum Gasteiger partial charge on any atom is -0.495 e. The summed E-state index contributed by atoms with van der Waals surface area (Å²) in [5.41, 5.74) is 3.12. The average molecular weight is 470 g/mol. The molecule has 1 N–H and O–H groups in total. The van der Waals surface area contributed by atoms with Crippen LogP contribution in [0.4, 0.5) is 0 Å². The third-order valence-electron chi connectivity index (χ3n) is 5.26. The van der Waals surface area contributed by atoms with E-state index in [1.54, 1.807) is 12.1 Å². The van der Waals surface area contributed by atoms with Crippen LogP contribution in [0.3, 0.4) is 0 Å². The zero-order valence-corrected chi connectivity index (χ0v) is 19.2. The largest absolute Gasteiger partial charge is 0.495 e. The number of nitrogens with one attached hydrogen (secondary N) is 1. The Balaban J connectivity index is 1.53. The smallest absolute Gasteiger partial charge is 0.244 e. The van der Waals surface area contributed by atoms with Crippen LogP contribution >= 0.6 is 11.6 Å². The molecule has 0 aliphatic carbocycles. The molecule has 0 atom stereocenters. The third-order valence-corrected chi connectivity index (χ3v) is 6.97. The standard InChI is InChI=1S/C24H24ClN3O3S/c1-31-22-13-12-19(25)17-23(22)32(29,30)26-15-16-28-21-10-6-5-9-20(21)27-24(28)14-11-18-7-3-2-4-8-18/h2-10,12-13,17,26H,11,14-16H2,1H3. The number of hydrogen-bond donors (Lipinski definition) is 1. The van der Waals surface area contributed by atoms with Gasteiger partial charge in [0.2, 0.25) is 10.0 Å². The molecular weight excluding hydrogens is 446 g/mol. The Morgan fingerprint density at radius 1 is 1.00 bits per heavy atom. The van der Waals surface area contributed by atoms with Crippen molar-refractivity contribution in [3.63, 3.8) is 0 Å². The van der Waals surface area contributed by atoms with Gasteiger partial charge in [-0.3, -0.25) is 0 Å². The highest BCUT2D eigenvalue weighted by molar-refractivity contribution is 7.89. The normalized spacial score (nSPS) is 11.7. The number of imidazole rings is 1. The number of methoxy groups -OCH3 is 1. The van der Waals surface area contributed by atoms with E-state index in [4.69, 9.17) is 21.3 Å². The lowest BCUT2D eigenvalue weighted by Gasteiger charge is -2.13. The highest BCUT2D eigenvalue weighted by atomic mass is 35.5. The number of aryl methyl sites for hydroxylation is 2. The average Bonchev–Trinajstić information content (AvgIpc) is 3.16. The number of rotatable bonds is 9. The molecule has 0 saturated carbocycles. The quantitative estimate of drug-likeness (QED) is 0.392. The van der Waals surface area contributed by atoms with E-state index in [0.29, 0.717) is 11.6 Å². The Bertz CT molecular complexity index is 1320. The Hall–Kier alpha value is -2.87. The van der Waals surface area contributed by atoms with Gasteiger partial charge in [0.1, 0.15) is 16.5 Å². The molecular formula is C24H24ClN3O3S. The highest BCUT2D eigenvalue weighted by Gasteiger charge is 2.20. The van der Waals surface area contributed by atoms with E-state index in [9.17, 15) is 8.42 Å². The fourth-order valence-electron chi connectivity index (χ4n) is 3.70. The number of halogens is 1. The number of aromatic nitrogens is 2. The summed E-state index contributed by atoms with van der Waals surface area (Å²) in [4.78, 5) is 4.81. The summed E-state index contributed by atoms with van der Waals surface area (Å²) < 4.78 is 35.7. The first-order valence-electron chi connectivity index (χ1n) is 10.3. The fourth-order valence-corrected chi connectivity index (χ4v) is 5.15. The van der Waals surface area contributed by atoms with E-state index in [1.165, 1.54) is 18.7 Å². The lowest BCUT2D eigenvalue weighted by atomic mass is 10.1. The monoisotopic (exact) mass is 469 g/mol. The van der Waals surface area contributed by atoms with Crippen molar-refractivity contribution in [1.29, 1.82) is 0 Å². The van der Waals surface area contributed by atoms with Gasteiger partial charge in [0.05, 0.1) is 18.1 Å². The van der Waals surface area contributed by atoms with Gasteiger partial charge in [-0.25, -0.2) is 18.1 Å². The molecule has 0 unspecified atom stereocenters. The predicted octanol–water partition coefficient (Wildman–Crippen LogP) is 4.46. The second-order valence-corrected chi connectivity index (χ2v) is 9.52.